The molecule has 0 radical (unpaired) electrons. The third kappa shape index (κ3) is 2.85. The van der Waals surface area contributed by atoms with E-state index in [1.54, 1.807) is 4.57 Å². The third-order valence-electron chi connectivity index (χ3n) is 3.98. The Hall–Kier alpha value is -1.53. The molecule has 1 aromatic heterocycles. The first-order valence-corrected chi connectivity index (χ1v) is 6.88. The highest BCUT2D eigenvalue weighted by Gasteiger charge is 2.36. The summed E-state index contributed by atoms with van der Waals surface area (Å²) in [6.07, 6.45) is -1.71. The number of benzene rings is 1. The number of rotatable bonds is 1. The van der Waals surface area contributed by atoms with Crippen molar-refractivity contribution in [2.24, 2.45) is 5.73 Å². The van der Waals surface area contributed by atoms with Gasteiger partial charge in [-0.1, -0.05) is 18.2 Å². The van der Waals surface area contributed by atoms with E-state index in [0.29, 0.717) is 12.4 Å². The van der Waals surface area contributed by atoms with Crippen molar-refractivity contribution >= 4 is 12.4 Å². The molecule has 1 unspecified atom stereocenters. The molecule has 0 amide bonds. The largest absolute Gasteiger partial charge is 0.434 e. The van der Waals surface area contributed by atoms with Gasteiger partial charge >= 0.3 is 6.18 Å². The van der Waals surface area contributed by atoms with Gasteiger partial charge in [-0.05, 0) is 30.9 Å². The molecule has 0 fully saturated rings. The molecule has 120 valence electrons. The summed E-state index contributed by atoms with van der Waals surface area (Å²) >= 11 is 0. The maximum atomic E-state index is 12.9. The molecule has 3 rings (SSSR count). The summed E-state index contributed by atoms with van der Waals surface area (Å²) in [5.74, 6) is 0.394. The van der Waals surface area contributed by atoms with Crippen LogP contribution in [0.4, 0.5) is 13.2 Å². The summed E-state index contributed by atoms with van der Waals surface area (Å²) in [5.41, 5.74) is 7.57. The number of aryl methyl sites for hydroxylation is 1. The van der Waals surface area contributed by atoms with E-state index in [9.17, 15) is 13.2 Å². The van der Waals surface area contributed by atoms with E-state index in [4.69, 9.17) is 5.73 Å². The Bertz CT molecular complexity index is 679. The number of hydrogen-bond acceptors (Lipinski definition) is 2. The lowest BCUT2D eigenvalue weighted by molar-refractivity contribution is -0.140. The molecule has 3 nitrogen and oxygen atoms in total. The van der Waals surface area contributed by atoms with Crippen molar-refractivity contribution < 1.29 is 13.2 Å². The number of alkyl halides is 3. The quantitative estimate of drug-likeness (QED) is 0.859. The van der Waals surface area contributed by atoms with Gasteiger partial charge in [-0.3, -0.25) is 0 Å². The van der Waals surface area contributed by atoms with E-state index in [1.807, 2.05) is 25.1 Å². The van der Waals surface area contributed by atoms with Crippen LogP contribution in [-0.2, 0) is 19.1 Å². The molecule has 0 saturated carbocycles. The van der Waals surface area contributed by atoms with Gasteiger partial charge in [-0.15, -0.1) is 12.4 Å². The minimum Gasteiger partial charge on any atom is -0.328 e. The molecular formula is C15H17ClF3N3. The maximum Gasteiger partial charge on any atom is 0.434 e. The van der Waals surface area contributed by atoms with Crippen LogP contribution >= 0.6 is 12.4 Å². The number of aromatic nitrogens is 2. The predicted molar refractivity (Wildman–Crippen MR) is 80.8 cm³/mol. The lowest BCUT2D eigenvalue weighted by atomic mass is 9.99. The van der Waals surface area contributed by atoms with Crippen LogP contribution in [0.25, 0.3) is 11.4 Å². The van der Waals surface area contributed by atoms with Crippen LogP contribution in [0.1, 0.15) is 36.2 Å². The Kier molecular flexibility index (Phi) is 4.54. The summed E-state index contributed by atoms with van der Waals surface area (Å²) in [6.45, 7) is 2.34. The topological polar surface area (TPSA) is 43.8 Å². The van der Waals surface area contributed by atoms with Crippen LogP contribution in [-0.4, -0.2) is 9.55 Å². The number of hydrogen-bond donors (Lipinski definition) is 1. The highest BCUT2D eigenvalue weighted by atomic mass is 35.5. The minimum absolute atomic E-state index is 0. The molecule has 2 N–H and O–H groups in total. The average molecular weight is 332 g/mol. The molecule has 0 bridgehead atoms. The van der Waals surface area contributed by atoms with Crippen molar-refractivity contribution in [3.63, 3.8) is 0 Å². The van der Waals surface area contributed by atoms with E-state index < -0.39 is 11.9 Å². The smallest absolute Gasteiger partial charge is 0.328 e. The Morgan fingerprint density at radius 1 is 1.36 bits per heavy atom. The zero-order valence-electron chi connectivity index (χ0n) is 12.0. The van der Waals surface area contributed by atoms with Crippen LogP contribution in [0, 0.1) is 0 Å². The highest BCUT2D eigenvalue weighted by molar-refractivity contribution is 5.85. The van der Waals surface area contributed by atoms with Crippen LogP contribution < -0.4 is 5.73 Å². The lowest BCUT2D eigenvalue weighted by Crippen LogP contribution is -2.06. The first-order chi connectivity index (χ1) is 9.90. The third-order valence-corrected chi connectivity index (χ3v) is 3.98. The molecule has 0 spiro atoms. The highest BCUT2D eigenvalue weighted by Crippen LogP contribution is 2.37. The Labute approximate surface area is 132 Å². The van der Waals surface area contributed by atoms with E-state index >= 15 is 0 Å². The van der Waals surface area contributed by atoms with Gasteiger partial charge < -0.3 is 10.3 Å². The number of nitrogens with zero attached hydrogens (tertiary/aromatic N) is 2. The second-order valence-corrected chi connectivity index (χ2v) is 5.44. The van der Waals surface area contributed by atoms with Gasteiger partial charge in [0.2, 0.25) is 0 Å². The summed E-state index contributed by atoms with van der Waals surface area (Å²) in [5, 5.41) is 0. The van der Waals surface area contributed by atoms with Gasteiger partial charge in [0.25, 0.3) is 0 Å². The fourth-order valence-electron chi connectivity index (χ4n) is 2.77. The van der Waals surface area contributed by atoms with Gasteiger partial charge in [0, 0.05) is 24.3 Å². The summed E-state index contributed by atoms with van der Waals surface area (Å²) in [4.78, 5) is 3.84. The van der Waals surface area contributed by atoms with Gasteiger partial charge in [0.05, 0.1) is 0 Å². The molecule has 22 heavy (non-hydrogen) atoms. The monoisotopic (exact) mass is 331 g/mol. The first-order valence-electron chi connectivity index (χ1n) is 6.88. The van der Waals surface area contributed by atoms with Crippen molar-refractivity contribution in [1.82, 2.24) is 9.55 Å². The number of halogens is 4. The normalized spacial score (nSPS) is 17.2. The van der Waals surface area contributed by atoms with E-state index in [0.717, 1.165) is 35.7 Å². The predicted octanol–water partition coefficient (Wildman–Crippen LogP) is 3.96. The second kappa shape index (κ2) is 5.93. The van der Waals surface area contributed by atoms with Crippen LogP contribution in [0.2, 0.25) is 0 Å². The molecule has 1 aliphatic heterocycles. The lowest BCUT2D eigenvalue weighted by Gasteiger charge is -2.11. The summed E-state index contributed by atoms with van der Waals surface area (Å²) < 4.78 is 40.4. The Morgan fingerprint density at radius 3 is 2.73 bits per heavy atom. The maximum absolute atomic E-state index is 12.9. The van der Waals surface area contributed by atoms with Crippen LogP contribution in [0.5, 0.6) is 0 Å². The van der Waals surface area contributed by atoms with E-state index in [2.05, 4.69) is 4.98 Å². The van der Waals surface area contributed by atoms with E-state index in [-0.39, 0.29) is 18.4 Å². The fourth-order valence-corrected chi connectivity index (χ4v) is 2.77. The van der Waals surface area contributed by atoms with E-state index in [1.165, 1.54) is 0 Å². The summed E-state index contributed by atoms with van der Waals surface area (Å²) in [7, 11) is 0. The Morgan fingerprint density at radius 2 is 2.09 bits per heavy atom. The van der Waals surface area contributed by atoms with Crippen molar-refractivity contribution in [2.75, 3.05) is 0 Å². The molecule has 2 aromatic rings. The molecule has 7 heteroatoms. The molecule has 0 saturated heterocycles. The minimum atomic E-state index is -4.42. The van der Waals surface area contributed by atoms with Crippen molar-refractivity contribution in [1.29, 1.82) is 0 Å². The summed E-state index contributed by atoms with van der Waals surface area (Å²) in [6, 6.07) is 5.63. The Balaban J connectivity index is 0.00000176. The molecule has 1 aliphatic rings. The SMILES string of the molecule is CC1CCc2cc(CN)ccc2-c2nc(C(F)(F)F)cn21.Cl. The molecule has 1 aromatic carbocycles. The molecule has 1 atom stereocenters. The van der Waals surface area contributed by atoms with Crippen LogP contribution in [0.3, 0.4) is 0 Å². The zero-order valence-corrected chi connectivity index (χ0v) is 12.8. The number of imidazole rings is 1. The van der Waals surface area contributed by atoms with Crippen molar-refractivity contribution in [2.45, 2.75) is 38.5 Å². The zero-order chi connectivity index (χ0) is 15.2. The molecular weight excluding hydrogens is 315 g/mol. The number of fused-ring (bicyclic) bond motifs is 3. The fraction of sp³-hybridized carbons (Fsp3) is 0.400. The van der Waals surface area contributed by atoms with Gasteiger partial charge in [-0.25, -0.2) is 4.98 Å². The number of nitrogens with two attached hydrogens (primary N) is 1. The van der Waals surface area contributed by atoms with Crippen molar-refractivity contribution in [3.05, 3.63) is 41.2 Å². The van der Waals surface area contributed by atoms with Gasteiger partial charge in [-0.2, -0.15) is 13.2 Å². The van der Waals surface area contributed by atoms with Crippen molar-refractivity contribution in [3.8, 4) is 11.4 Å². The second-order valence-electron chi connectivity index (χ2n) is 5.44. The van der Waals surface area contributed by atoms with Crippen LogP contribution in [0.15, 0.2) is 24.4 Å². The van der Waals surface area contributed by atoms with Gasteiger partial charge in [0.1, 0.15) is 5.82 Å². The first kappa shape index (κ1) is 16.8. The average Bonchev–Trinajstić information content (AvgIpc) is 2.84. The molecule has 2 heterocycles. The molecule has 0 aliphatic carbocycles. The van der Waals surface area contributed by atoms with Gasteiger partial charge in [0.15, 0.2) is 5.69 Å². The standard InChI is InChI=1S/C15H16F3N3.ClH/c1-9-2-4-11-6-10(7-19)3-5-12(11)14-20-13(8-21(9)14)15(16,17)18;/h3,5-6,8-9H,2,4,7,19H2,1H3;1H.